The molecule has 2 aromatic carbocycles. The SMILES string of the molecule is C[C@H](C[C@@H](Cc1ccc(-c2ccccc2)cc1)NC(=O)OC(C)(C)C)C(=O)NS(C)(=O)=O. The highest BCUT2D eigenvalue weighted by Crippen LogP contribution is 2.21. The average molecular weight is 461 g/mol. The summed E-state index contributed by atoms with van der Waals surface area (Å²) in [5.41, 5.74) is 2.49. The molecule has 8 heteroatoms. The van der Waals surface area contributed by atoms with Crippen molar-refractivity contribution in [2.24, 2.45) is 5.92 Å². The van der Waals surface area contributed by atoms with Crippen molar-refractivity contribution in [3.05, 3.63) is 60.2 Å². The number of ether oxygens (including phenoxy) is 1. The molecule has 0 fully saturated rings. The molecule has 2 N–H and O–H groups in total. The third-order valence-electron chi connectivity index (χ3n) is 4.64. The summed E-state index contributed by atoms with van der Waals surface area (Å²) < 4.78 is 30.1. The molecule has 0 spiro atoms. The van der Waals surface area contributed by atoms with E-state index in [2.05, 4.69) is 5.32 Å². The largest absolute Gasteiger partial charge is 0.444 e. The van der Waals surface area contributed by atoms with Crippen LogP contribution < -0.4 is 10.0 Å². The normalized spacial score (nSPS) is 13.7. The van der Waals surface area contributed by atoms with E-state index >= 15 is 0 Å². The van der Waals surface area contributed by atoms with Gasteiger partial charge in [-0.3, -0.25) is 9.52 Å². The molecule has 2 rings (SSSR count). The Labute approximate surface area is 190 Å². The Morgan fingerprint density at radius 1 is 0.969 bits per heavy atom. The van der Waals surface area contributed by atoms with Crippen LogP contribution in [0.25, 0.3) is 11.1 Å². The number of nitrogens with one attached hydrogen (secondary N) is 2. The van der Waals surface area contributed by atoms with E-state index in [0.29, 0.717) is 6.42 Å². The summed E-state index contributed by atoms with van der Waals surface area (Å²) in [6, 6.07) is 17.5. The number of rotatable bonds is 8. The van der Waals surface area contributed by atoms with Crippen LogP contribution in [-0.2, 0) is 26.0 Å². The van der Waals surface area contributed by atoms with Crippen molar-refractivity contribution in [2.45, 2.75) is 52.2 Å². The Morgan fingerprint density at radius 2 is 1.53 bits per heavy atom. The van der Waals surface area contributed by atoms with E-state index < -0.39 is 39.6 Å². The topological polar surface area (TPSA) is 102 Å². The van der Waals surface area contributed by atoms with Gasteiger partial charge in [0.1, 0.15) is 5.60 Å². The van der Waals surface area contributed by atoms with Gasteiger partial charge in [0.2, 0.25) is 15.9 Å². The van der Waals surface area contributed by atoms with Gasteiger partial charge in [-0.25, -0.2) is 13.2 Å². The lowest BCUT2D eigenvalue weighted by molar-refractivity contribution is -0.123. The minimum Gasteiger partial charge on any atom is -0.444 e. The maximum absolute atomic E-state index is 12.3. The fraction of sp³-hybridized carbons (Fsp3) is 0.417. The first kappa shape index (κ1) is 25.4. The van der Waals surface area contributed by atoms with Crippen molar-refractivity contribution in [1.82, 2.24) is 10.0 Å². The molecular formula is C24H32N2O5S. The zero-order chi connectivity index (χ0) is 23.9. The molecule has 32 heavy (non-hydrogen) atoms. The molecule has 0 bridgehead atoms. The van der Waals surface area contributed by atoms with Crippen LogP contribution in [0.15, 0.2) is 54.6 Å². The number of benzene rings is 2. The van der Waals surface area contributed by atoms with Crippen molar-refractivity contribution < 1.29 is 22.7 Å². The lowest BCUT2D eigenvalue weighted by Gasteiger charge is -2.25. The molecule has 0 unspecified atom stereocenters. The molecule has 0 aliphatic carbocycles. The van der Waals surface area contributed by atoms with Gasteiger partial charge in [0.25, 0.3) is 0 Å². The minimum atomic E-state index is -3.65. The first-order valence-corrected chi connectivity index (χ1v) is 12.4. The number of alkyl carbamates (subject to hydrolysis) is 1. The van der Waals surface area contributed by atoms with E-state index in [1.807, 2.05) is 59.3 Å². The van der Waals surface area contributed by atoms with Gasteiger partial charge in [-0.2, -0.15) is 0 Å². The quantitative estimate of drug-likeness (QED) is 0.622. The molecule has 0 radical (unpaired) electrons. The van der Waals surface area contributed by atoms with Crippen molar-refractivity contribution >= 4 is 22.0 Å². The Bertz CT molecular complexity index is 1010. The van der Waals surface area contributed by atoms with Gasteiger partial charge in [-0.05, 0) is 50.3 Å². The lowest BCUT2D eigenvalue weighted by atomic mass is 9.94. The molecule has 0 saturated carbocycles. The zero-order valence-electron chi connectivity index (χ0n) is 19.2. The molecule has 2 aromatic rings. The molecule has 7 nitrogen and oxygen atoms in total. The number of sulfonamides is 1. The van der Waals surface area contributed by atoms with E-state index in [1.165, 1.54) is 0 Å². The van der Waals surface area contributed by atoms with Crippen LogP contribution in [0.3, 0.4) is 0 Å². The monoisotopic (exact) mass is 460 g/mol. The highest BCUT2D eigenvalue weighted by molar-refractivity contribution is 7.89. The summed E-state index contributed by atoms with van der Waals surface area (Å²) in [6.45, 7) is 6.94. The molecule has 0 aliphatic heterocycles. The van der Waals surface area contributed by atoms with Gasteiger partial charge in [-0.1, -0.05) is 61.5 Å². The summed E-state index contributed by atoms with van der Waals surface area (Å²) >= 11 is 0. The van der Waals surface area contributed by atoms with Crippen LogP contribution in [0.1, 0.15) is 39.7 Å². The number of hydrogen-bond acceptors (Lipinski definition) is 5. The Hall–Kier alpha value is -2.87. The van der Waals surface area contributed by atoms with Crippen LogP contribution in [0.4, 0.5) is 4.79 Å². The van der Waals surface area contributed by atoms with Crippen LogP contribution in [0, 0.1) is 5.92 Å². The molecule has 0 aliphatic rings. The Balaban J connectivity index is 2.14. The third kappa shape index (κ3) is 9.09. The fourth-order valence-electron chi connectivity index (χ4n) is 3.23. The predicted molar refractivity (Wildman–Crippen MR) is 126 cm³/mol. The Morgan fingerprint density at radius 3 is 2.06 bits per heavy atom. The van der Waals surface area contributed by atoms with Gasteiger partial charge < -0.3 is 10.1 Å². The van der Waals surface area contributed by atoms with Gasteiger partial charge in [0, 0.05) is 12.0 Å². The van der Waals surface area contributed by atoms with Crippen molar-refractivity contribution in [3.8, 4) is 11.1 Å². The fourth-order valence-corrected chi connectivity index (χ4v) is 3.80. The second-order valence-corrected chi connectivity index (χ2v) is 10.7. The van der Waals surface area contributed by atoms with E-state index in [-0.39, 0.29) is 6.42 Å². The lowest BCUT2D eigenvalue weighted by Crippen LogP contribution is -2.43. The maximum Gasteiger partial charge on any atom is 0.407 e. The van der Waals surface area contributed by atoms with E-state index in [9.17, 15) is 18.0 Å². The molecule has 174 valence electrons. The molecule has 0 heterocycles. The summed E-state index contributed by atoms with van der Waals surface area (Å²) in [7, 11) is -3.65. The first-order chi connectivity index (χ1) is 14.8. The summed E-state index contributed by atoms with van der Waals surface area (Å²) in [4.78, 5) is 24.6. The maximum atomic E-state index is 12.3. The second kappa shape index (κ2) is 10.6. The van der Waals surface area contributed by atoms with Crippen LogP contribution in [-0.4, -0.2) is 38.3 Å². The summed E-state index contributed by atoms with van der Waals surface area (Å²) in [6.07, 6.45) is 1.06. The highest BCUT2D eigenvalue weighted by Gasteiger charge is 2.25. The first-order valence-electron chi connectivity index (χ1n) is 10.5. The predicted octanol–water partition coefficient (Wildman–Crippen LogP) is 3.89. The van der Waals surface area contributed by atoms with Crippen LogP contribution in [0.5, 0.6) is 0 Å². The summed E-state index contributed by atoms with van der Waals surface area (Å²) in [5, 5.41) is 2.83. The summed E-state index contributed by atoms with van der Waals surface area (Å²) in [5.74, 6) is -1.24. The van der Waals surface area contributed by atoms with Gasteiger partial charge >= 0.3 is 6.09 Å². The highest BCUT2D eigenvalue weighted by atomic mass is 32.2. The van der Waals surface area contributed by atoms with Crippen molar-refractivity contribution in [2.75, 3.05) is 6.26 Å². The molecule has 0 aromatic heterocycles. The van der Waals surface area contributed by atoms with Crippen molar-refractivity contribution in [3.63, 3.8) is 0 Å². The van der Waals surface area contributed by atoms with Crippen molar-refractivity contribution in [1.29, 1.82) is 0 Å². The average Bonchev–Trinajstić information content (AvgIpc) is 2.66. The van der Waals surface area contributed by atoms with Gasteiger partial charge in [0.15, 0.2) is 0 Å². The number of carbonyl (C=O) groups is 2. The smallest absolute Gasteiger partial charge is 0.407 e. The Kier molecular flexibility index (Phi) is 8.44. The minimum absolute atomic E-state index is 0.251. The molecule has 2 atom stereocenters. The number of hydrogen-bond donors (Lipinski definition) is 2. The standard InChI is InChI=1S/C24H32N2O5S/c1-17(22(27)26-32(5,29)30)15-21(25-23(28)31-24(2,3)4)16-18-11-13-20(14-12-18)19-9-7-6-8-10-19/h6-14,17,21H,15-16H2,1-5H3,(H,25,28)(H,26,27)/t17-,21+/m1/s1. The number of carbonyl (C=O) groups excluding carboxylic acids is 2. The van der Waals surface area contributed by atoms with Crippen LogP contribution in [0.2, 0.25) is 0 Å². The van der Waals surface area contributed by atoms with E-state index in [1.54, 1.807) is 27.7 Å². The zero-order valence-corrected chi connectivity index (χ0v) is 20.0. The van der Waals surface area contributed by atoms with Gasteiger partial charge in [-0.15, -0.1) is 0 Å². The second-order valence-electron chi connectivity index (χ2n) is 8.99. The molecule has 2 amide bonds. The van der Waals surface area contributed by atoms with E-state index in [0.717, 1.165) is 22.9 Å². The molecule has 0 saturated heterocycles. The van der Waals surface area contributed by atoms with Crippen LogP contribution >= 0.6 is 0 Å². The van der Waals surface area contributed by atoms with Gasteiger partial charge in [0.05, 0.1) is 6.26 Å². The third-order valence-corrected chi connectivity index (χ3v) is 5.21. The number of amides is 2. The molecular weight excluding hydrogens is 428 g/mol. The van der Waals surface area contributed by atoms with E-state index in [4.69, 9.17) is 4.74 Å².